The zero-order chi connectivity index (χ0) is 25.6. The van der Waals surface area contributed by atoms with Crippen LogP contribution in [-0.2, 0) is 19.1 Å². The Morgan fingerprint density at radius 1 is 1.24 bits per heavy atom. The van der Waals surface area contributed by atoms with Crippen LogP contribution in [0.4, 0.5) is 17.6 Å². The molecule has 0 spiro atoms. The van der Waals surface area contributed by atoms with E-state index >= 15 is 0 Å². The van der Waals surface area contributed by atoms with E-state index in [0.29, 0.717) is 0 Å². The lowest BCUT2D eigenvalue weighted by atomic mass is 10.2. The summed E-state index contributed by atoms with van der Waals surface area (Å²) in [5, 5.41) is 1.57. The summed E-state index contributed by atoms with van der Waals surface area (Å²) in [7, 11) is 1.17. The van der Waals surface area contributed by atoms with E-state index in [-0.39, 0.29) is 22.4 Å². The van der Waals surface area contributed by atoms with Crippen LogP contribution in [0.3, 0.4) is 0 Å². The number of ether oxygens (including phenoxy) is 3. The Kier molecular flexibility index (Phi) is 13.4. The standard InChI is InChI=1S/C18H17ClF4N2O6.C2H6/c1-10(31-13-4-3-5-24-17(13)30-9-16(28)29-2)12(19)6-11(20)8-25-15(27)7-14(26)18(21,22)23;1-2/h3-6H,7-9H2,1-2H3,(H,25,27);1-2H3/b11-6+,12-10-;. The molecule has 184 valence electrons. The molecule has 0 unspecified atom stereocenters. The fraction of sp³-hybridized carbons (Fsp3) is 0.400. The molecule has 13 heteroatoms. The van der Waals surface area contributed by atoms with Crippen LogP contribution in [0.5, 0.6) is 11.6 Å². The van der Waals surface area contributed by atoms with Gasteiger partial charge in [0, 0.05) is 6.20 Å². The zero-order valence-corrected chi connectivity index (χ0v) is 19.0. The maximum absolute atomic E-state index is 13.9. The number of hydrogen-bond donors (Lipinski definition) is 1. The molecule has 0 aliphatic heterocycles. The highest BCUT2D eigenvalue weighted by molar-refractivity contribution is 6.31. The Bertz CT molecular complexity index is 888. The number of nitrogens with zero attached hydrogens (tertiary/aromatic N) is 1. The molecule has 0 saturated carbocycles. The van der Waals surface area contributed by atoms with E-state index in [4.69, 9.17) is 21.1 Å². The van der Waals surface area contributed by atoms with Gasteiger partial charge in [-0.15, -0.1) is 0 Å². The largest absolute Gasteiger partial charge is 0.466 e. The van der Waals surface area contributed by atoms with Gasteiger partial charge < -0.3 is 19.5 Å². The lowest BCUT2D eigenvalue weighted by Gasteiger charge is -2.11. The first-order valence-corrected chi connectivity index (χ1v) is 9.73. The molecule has 0 aromatic carbocycles. The molecular weight excluding hydrogens is 476 g/mol. The lowest BCUT2D eigenvalue weighted by molar-refractivity contribution is -0.172. The average Bonchev–Trinajstić information content (AvgIpc) is 2.77. The number of alkyl halides is 3. The van der Waals surface area contributed by atoms with Gasteiger partial charge in [-0.3, -0.25) is 9.59 Å². The second-order valence-corrected chi connectivity index (χ2v) is 6.05. The molecule has 1 heterocycles. The van der Waals surface area contributed by atoms with Crippen LogP contribution in [0.15, 0.2) is 41.0 Å². The molecule has 0 radical (unpaired) electrons. The van der Waals surface area contributed by atoms with Gasteiger partial charge in [-0.1, -0.05) is 25.4 Å². The Labute approximate surface area is 192 Å². The number of rotatable bonds is 10. The fourth-order valence-electron chi connectivity index (χ4n) is 1.74. The smallest absolute Gasteiger partial charge is 0.450 e. The van der Waals surface area contributed by atoms with E-state index in [0.717, 1.165) is 6.08 Å². The van der Waals surface area contributed by atoms with Crippen LogP contribution in [0.1, 0.15) is 27.2 Å². The number of pyridine rings is 1. The number of carbonyl (C=O) groups is 3. The third-order valence-electron chi connectivity index (χ3n) is 3.27. The van der Waals surface area contributed by atoms with Gasteiger partial charge in [0.1, 0.15) is 11.6 Å². The number of methoxy groups -OCH3 is 1. The fourth-order valence-corrected chi connectivity index (χ4v) is 1.90. The molecule has 0 fully saturated rings. The van der Waals surface area contributed by atoms with Gasteiger partial charge in [0.2, 0.25) is 11.7 Å². The molecule has 0 saturated heterocycles. The summed E-state index contributed by atoms with van der Waals surface area (Å²) in [6.45, 7) is 4.13. The second-order valence-electron chi connectivity index (χ2n) is 5.64. The number of nitrogens with one attached hydrogen (secondary N) is 1. The molecule has 1 aromatic heterocycles. The molecule has 0 atom stereocenters. The summed E-state index contributed by atoms with van der Waals surface area (Å²) in [6.07, 6.45) is -4.49. The molecule has 33 heavy (non-hydrogen) atoms. The minimum atomic E-state index is -5.15. The summed E-state index contributed by atoms with van der Waals surface area (Å²) < 4.78 is 65.2. The summed E-state index contributed by atoms with van der Waals surface area (Å²) in [4.78, 5) is 37.0. The average molecular weight is 499 g/mol. The normalized spacial score (nSPS) is 12.0. The van der Waals surface area contributed by atoms with E-state index < -0.39 is 49.2 Å². The number of Topliss-reactive ketones (excluding diaryl/α,β-unsaturated/α-hetero) is 1. The predicted molar refractivity (Wildman–Crippen MR) is 110 cm³/mol. The van der Waals surface area contributed by atoms with Crippen molar-refractivity contribution in [2.75, 3.05) is 20.3 Å². The van der Waals surface area contributed by atoms with Crippen molar-refractivity contribution in [1.29, 1.82) is 0 Å². The Balaban J connectivity index is 0.00000497. The predicted octanol–water partition coefficient (Wildman–Crippen LogP) is 4.00. The van der Waals surface area contributed by atoms with Crippen molar-refractivity contribution in [2.24, 2.45) is 0 Å². The Hall–Kier alpha value is -3.15. The van der Waals surface area contributed by atoms with Gasteiger partial charge >= 0.3 is 12.1 Å². The minimum Gasteiger partial charge on any atom is -0.466 e. The van der Waals surface area contributed by atoms with Gasteiger partial charge in [-0.05, 0) is 25.1 Å². The SMILES string of the molecule is CC.COC(=O)COc1ncccc1O/C(C)=C(Cl)/C=C(/F)CNC(=O)CC(=O)C(F)(F)F. The first-order valence-electron chi connectivity index (χ1n) is 9.35. The van der Waals surface area contributed by atoms with Crippen LogP contribution in [0.2, 0.25) is 0 Å². The van der Waals surface area contributed by atoms with E-state index in [1.807, 2.05) is 19.2 Å². The summed E-state index contributed by atoms with van der Waals surface area (Å²) in [5.41, 5.74) is 0. The van der Waals surface area contributed by atoms with Crippen molar-refractivity contribution in [3.8, 4) is 11.6 Å². The van der Waals surface area contributed by atoms with Gasteiger partial charge in [-0.25, -0.2) is 14.2 Å². The van der Waals surface area contributed by atoms with E-state index in [2.05, 4.69) is 9.72 Å². The number of aromatic nitrogens is 1. The minimum absolute atomic E-state index is 0.0219. The van der Waals surface area contributed by atoms with Crippen molar-refractivity contribution in [3.63, 3.8) is 0 Å². The van der Waals surface area contributed by atoms with Crippen molar-refractivity contribution in [1.82, 2.24) is 10.3 Å². The number of halogens is 5. The molecule has 0 aliphatic carbocycles. The van der Waals surface area contributed by atoms with Crippen molar-refractivity contribution >= 4 is 29.3 Å². The van der Waals surface area contributed by atoms with Gasteiger partial charge in [0.05, 0.1) is 25.1 Å². The maximum Gasteiger partial charge on any atom is 0.450 e. The molecule has 1 rings (SSSR count). The number of esters is 1. The Morgan fingerprint density at radius 2 is 1.88 bits per heavy atom. The number of carbonyl (C=O) groups excluding carboxylic acids is 3. The van der Waals surface area contributed by atoms with Crippen LogP contribution in [0.25, 0.3) is 0 Å². The molecular formula is C20H23ClF4N2O6. The molecule has 0 aliphatic rings. The molecule has 0 bridgehead atoms. The highest BCUT2D eigenvalue weighted by Crippen LogP contribution is 2.27. The third-order valence-corrected chi connectivity index (χ3v) is 3.64. The van der Waals surface area contributed by atoms with Crippen molar-refractivity contribution in [3.05, 3.63) is 41.0 Å². The first kappa shape index (κ1) is 29.9. The van der Waals surface area contributed by atoms with Crippen LogP contribution in [0, 0.1) is 0 Å². The molecule has 1 N–H and O–H groups in total. The molecule has 1 amide bonds. The highest BCUT2D eigenvalue weighted by atomic mass is 35.5. The lowest BCUT2D eigenvalue weighted by Crippen LogP contribution is -2.32. The maximum atomic E-state index is 13.9. The monoisotopic (exact) mass is 498 g/mol. The van der Waals surface area contributed by atoms with Crippen molar-refractivity contribution in [2.45, 2.75) is 33.4 Å². The van der Waals surface area contributed by atoms with E-state index in [1.54, 1.807) is 0 Å². The van der Waals surface area contributed by atoms with Crippen molar-refractivity contribution < 1.29 is 46.2 Å². The van der Waals surface area contributed by atoms with Gasteiger partial charge in [0.25, 0.3) is 5.88 Å². The summed E-state index contributed by atoms with van der Waals surface area (Å²) >= 11 is 5.93. The van der Waals surface area contributed by atoms with Gasteiger partial charge in [0.15, 0.2) is 12.4 Å². The zero-order valence-electron chi connectivity index (χ0n) is 18.2. The first-order chi connectivity index (χ1) is 15.4. The highest BCUT2D eigenvalue weighted by Gasteiger charge is 2.39. The molecule has 8 nitrogen and oxygen atoms in total. The number of hydrogen-bond acceptors (Lipinski definition) is 7. The van der Waals surface area contributed by atoms with Crippen LogP contribution in [-0.4, -0.2) is 49.1 Å². The molecule has 1 aromatic rings. The van der Waals surface area contributed by atoms with E-state index in [9.17, 15) is 31.9 Å². The third kappa shape index (κ3) is 11.9. The van der Waals surface area contributed by atoms with Crippen LogP contribution < -0.4 is 14.8 Å². The second kappa shape index (κ2) is 14.8. The quantitative estimate of drug-likeness (QED) is 0.171. The Morgan fingerprint density at radius 3 is 2.45 bits per heavy atom. The number of ketones is 1. The van der Waals surface area contributed by atoms with E-state index in [1.165, 1.54) is 32.4 Å². The summed E-state index contributed by atoms with van der Waals surface area (Å²) in [6, 6.07) is 2.93. The number of amides is 1. The summed E-state index contributed by atoms with van der Waals surface area (Å²) in [5.74, 6) is -5.27. The topological polar surface area (TPSA) is 104 Å². The van der Waals surface area contributed by atoms with Gasteiger partial charge in [-0.2, -0.15) is 13.2 Å². The number of allylic oxidation sites excluding steroid dienone is 3. The van der Waals surface area contributed by atoms with Crippen LogP contribution >= 0.6 is 11.6 Å².